The molecule has 0 aliphatic rings. The number of thioether (sulfide) groups is 1. The molecule has 35 heavy (non-hydrogen) atoms. The predicted octanol–water partition coefficient (Wildman–Crippen LogP) is 6.46. The first-order valence-corrected chi connectivity index (χ1v) is 12.3. The van der Waals surface area contributed by atoms with Crippen LogP contribution < -0.4 is 0 Å². The third-order valence-corrected chi connectivity index (χ3v) is 6.76. The zero-order valence-corrected chi connectivity index (χ0v) is 20.4. The predicted molar refractivity (Wildman–Crippen MR) is 131 cm³/mol. The number of nitrogens with one attached hydrogen (secondary N) is 1. The van der Waals surface area contributed by atoms with Crippen molar-refractivity contribution in [3.05, 3.63) is 77.6 Å². The van der Waals surface area contributed by atoms with Crippen molar-refractivity contribution in [3.63, 3.8) is 0 Å². The summed E-state index contributed by atoms with van der Waals surface area (Å²) >= 11 is 5.60. The Hall–Kier alpha value is -3.12. The van der Waals surface area contributed by atoms with Crippen molar-refractivity contribution in [1.82, 2.24) is 24.5 Å². The van der Waals surface area contributed by atoms with Gasteiger partial charge in [-0.05, 0) is 30.2 Å². The molecule has 0 saturated heterocycles. The molecule has 2 heterocycles. The number of para-hydroxylation sites is 1. The molecule has 4 rings (SSSR count). The lowest BCUT2D eigenvalue weighted by Gasteiger charge is -2.13. The smallest absolute Gasteiger partial charge is 0.302 e. The van der Waals surface area contributed by atoms with Crippen molar-refractivity contribution < 1.29 is 13.2 Å². The fraction of sp³-hybridized carbons (Fsp3) is 0.261. The molecule has 12 heteroatoms. The molecule has 0 radical (unpaired) electrons. The number of aromatic nitrogens is 5. The summed E-state index contributed by atoms with van der Waals surface area (Å²) in [5, 5.41) is 16.4. The molecule has 4 aromatic rings. The van der Waals surface area contributed by atoms with Gasteiger partial charge in [0, 0.05) is 18.1 Å². The number of thiol groups is 1. The summed E-state index contributed by atoms with van der Waals surface area (Å²) < 4.78 is 44.9. The zero-order valence-electron chi connectivity index (χ0n) is 18.6. The third-order valence-electron chi connectivity index (χ3n) is 5.37. The Morgan fingerprint density at radius 3 is 2.40 bits per heavy atom. The molecule has 0 aliphatic carbocycles. The summed E-state index contributed by atoms with van der Waals surface area (Å²) in [4.78, 5) is 0. The largest absolute Gasteiger partial charge is 0.434 e. The van der Waals surface area contributed by atoms with Crippen LogP contribution in [0.5, 0.6) is 0 Å². The molecule has 7 nitrogen and oxygen atoms in total. The van der Waals surface area contributed by atoms with Gasteiger partial charge in [-0.1, -0.05) is 54.2 Å². The molecule has 0 amide bonds. The highest BCUT2D eigenvalue weighted by atomic mass is 32.2. The maximum Gasteiger partial charge on any atom is 0.434 e. The van der Waals surface area contributed by atoms with Crippen molar-refractivity contribution in [2.45, 2.75) is 36.6 Å². The van der Waals surface area contributed by atoms with Crippen LogP contribution in [0.3, 0.4) is 0 Å². The van der Waals surface area contributed by atoms with E-state index >= 15 is 0 Å². The Bertz CT molecular complexity index is 1280. The van der Waals surface area contributed by atoms with Gasteiger partial charge in [0.15, 0.2) is 16.7 Å². The number of alkyl halides is 3. The fourth-order valence-corrected chi connectivity index (χ4v) is 4.88. The van der Waals surface area contributed by atoms with E-state index in [-0.39, 0.29) is 17.4 Å². The minimum absolute atomic E-state index is 0.119. The van der Waals surface area contributed by atoms with E-state index in [1.165, 1.54) is 18.0 Å². The van der Waals surface area contributed by atoms with Crippen molar-refractivity contribution >= 4 is 24.4 Å². The van der Waals surface area contributed by atoms with Crippen molar-refractivity contribution in [2.24, 2.45) is 5.11 Å². The van der Waals surface area contributed by atoms with E-state index in [9.17, 15) is 13.2 Å². The molecule has 1 unspecified atom stereocenters. The van der Waals surface area contributed by atoms with E-state index in [1.54, 1.807) is 34.9 Å². The molecule has 1 atom stereocenters. The summed E-state index contributed by atoms with van der Waals surface area (Å²) in [6.07, 6.45) is -3.45. The molecule has 0 aliphatic heterocycles. The summed E-state index contributed by atoms with van der Waals surface area (Å²) in [7, 11) is 0. The van der Waals surface area contributed by atoms with Gasteiger partial charge in [0.25, 0.3) is 0 Å². The first kappa shape index (κ1) is 25.0. The lowest BCUT2D eigenvalue weighted by molar-refractivity contribution is -0.142. The maximum atomic E-state index is 14.1. The van der Waals surface area contributed by atoms with Crippen LogP contribution in [0, 0.1) is 5.53 Å². The highest BCUT2D eigenvalue weighted by Gasteiger charge is 2.40. The second-order valence-electron chi connectivity index (χ2n) is 7.56. The van der Waals surface area contributed by atoms with Gasteiger partial charge in [0.2, 0.25) is 0 Å². The van der Waals surface area contributed by atoms with Gasteiger partial charge in [0.05, 0.1) is 17.4 Å². The molecule has 0 fully saturated rings. The van der Waals surface area contributed by atoms with Crippen LogP contribution in [-0.2, 0) is 18.5 Å². The first-order chi connectivity index (χ1) is 16.9. The van der Waals surface area contributed by atoms with Crippen LogP contribution in [0.25, 0.3) is 17.1 Å². The van der Waals surface area contributed by atoms with Gasteiger partial charge in [-0.15, -0.1) is 10.2 Å². The number of benzene rings is 2. The third kappa shape index (κ3) is 5.27. The summed E-state index contributed by atoms with van der Waals surface area (Å²) in [5.74, 6) is 1.12. The monoisotopic (exact) mass is 517 g/mol. The lowest BCUT2D eigenvalue weighted by atomic mass is 10.1. The maximum absolute atomic E-state index is 14.1. The molecule has 1 N–H and O–H groups in total. The second-order valence-corrected chi connectivity index (χ2v) is 8.87. The number of hydrogen-bond donors (Lipinski definition) is 2. The number of hydrogen-bond acceptors (Lipinski definition) is 7. The number of nitrogens with zero attached hydrogens (tertiary/aromatic N) is 6. The highest BCUT2D eigenvalue weighted by Crippen LogP contribution is 2.38. The highest BCUT2D eigenvalue weighted by molar-refractivity contribution is 7.98. The van der Waals surface area contributed by atoms with Crippen molar-refractivity contribution in [2.75, 3.05) is 5.75 Å². The van der Waals surface area contributed by atoms with Crippen LogP contribution in [0.1, 0.15) is 29.8 Å². The van der Waals surface area contributed by atoms with Gasteiger partial charge in [-0.25, -0.2) is 10.2 Å². The van der Waals surface area contributed by atoms with E-state index in [0.717, 1.165) is 15.8 Å². The van der Waals surface area contributed by atoms with Gasteiger partial charge >= 0.3 is 6.18 Å². The van der Waals surface area contributed by atoms with E-state index in [4.69, 9.17) is 5.53 Å². The Morgan fingerprint density at radius 1 is 1.09 bits per heavy atom. The summed E-state index contributed by atoms with van der Waals surface area (Å²) in [6, 6.07) is 15.6. The van der Waals surface area contributed by atoms with Gasteiger partial charge in [0.1, 0.15) is 6.04 Å². The minimum Gasteiger partial charge on any atom is -0.302 e. The van der Waals surface area contributed by atoms with Crippen molar-refractivity contribution in [1.29, 1.82) is 5.53 Å². The molecular weight excluding hydrogens is 495 g/mol. The average Bonchev–Trinajstić information content (AvgIpc) is 3.49. The fourth-order valence-electron chi connectivity index (χ4n) is 3.63. The van der Waals surface area contributed by atoms with Crippen LogP contribution >= 0.6 is 24.4 Å². The Balaban J connectivity index is 1.62. The van der Waals surface area contributed by atoms with Gasteiger partial charge in [-0.2, -0.15) is 36.0 Å². The Morgan fingerprint density at radius 2 is 1.80 bits per heavy atom. The number of halogens is 3. The van der Waals surface area contributed by atoms with E-state index in [1.807, 2.05) is 31.2 Å². The quantitative estimate of drug-likeness (QED) is 0.152. The molecule has 2 aromatic carbocycles. The normalized spacial score (nSPS) is 12.6. The van der Waals surface area contributed by atoms with Crippen LogP contribution in [-0.4, -0.2) is 30.3 Å². The molecule has 2 aromatic heterocycles. The van der Waals surface area contributed by atoms with Crippen LogP contribution in [0.15, 0.2) is 71.1 Å². The topological polar surface area (TPSA) is 84.7 Å². The average molecular weight is 518 g/mol. The van der Waals surface area contributed by atoms with Crippen LogP contribution in [0.2, 0.25) is 0 Å². The van der Waals surface area contributed by atoms with Crippen LogP contribution in [0.4, 0.5) is 13.2 Å². The molecule has 0 bridgehead atoms. The van der Waals surface area contributed by atoms with Gasteiger partial charge < -0.3 is 4.57 Å². The zero-order chi connectivity index (χ0) is 25.0. The second kappa shape index (κ2) is 10.6. The molecule has 0 saturated carbocycles. The number of rotatable bonds is 9. The Kier molecular flexibility index (Phi) is 7.60. The molecule has 0 spiro atoms. The minimum atomic E-state index is -4.64. The Labute approximate surface area is 209 Å². The van der Waals surface area contributed by atoms with Crippen molar-refractivity contribution in [3.8, 4) is 17.1 Å². The molecule has 182 valence electrons. The van der Waals surface area contributed by atoms with Gasteiger partial charge in [-0.3, -0.25) is 0 Å². The van der Waals surface area contributed by atoms with E-state index in [2.05, 4.69) is 33.0 Å². The summed E-state index contributed by atoms with van der Waals surface area (Å²) in [6.45, 7) is 2.23. The molecular formula is C23H22F3N7S2. The lowest BCUT2D eigenvalue weighted by Crippen LogP contribution is -2.15. The SMILES string of the molecule is CCn1c(SCc2ccc(C(CS)N=N)cc2)nnc1-c1cnn(-c2ccccc2)c1C(F)(F)F. The van der Waals surface area contributed by atoms with E-state index in [0.29, 0.717) is 28.9 Å². The standard InChI is InChI=1S/C23H22F3N7S2/c1-2-32-21(18-12-28-33(20(18)23(24,25)26)17-6-4-3-5-7-17)30-31-22(32)35-14-15-8-10-16(11-9-15)19(13-34)29-27/h3-12,19,27,34H,2,13-14H2,1H3. The first-order valence-electron chi connectivity index (χ1n) is 10.7. The van der Waals surface area contributed by atoms with E-state index < -0.39 is 11.9 Å². The summed E-state index contributed by atoms with van der Waals surface area (Å²) in [5.41, 5.74) is 8.44.